The summed E-state index contributed by atoms with van der Waals surface area (Å²) in [6.45, 7) is 2.62. The number of carbonyl (C=O) groups excluding carboxylic acids is 2. The van der Waals surface area contributed by atoms with Gasteiger partial charge in [-0.2, -0.15) is 0 Å². The summed E-state index contributed by atoms with van der Waals surface area (Å²) in [5.41, 5.74) is 3.35. The van der Waals surface area contributed by atoms with Gasteiger partial charge in [-0.05, 0) is 43.2 Å². The summed E-state index contributed by atoms with van der Waals surface area (Å²) in [5.74, 6) is -0.148. The summed E-state index contributed by atoms with van der Waals surface area (Å²) in [7, 11) is 0. The molecule has 1 N–H and O–H groups in total. The van der Waals surface area contributed by atoms with Crippen LogP contribution in [0.4, 0.5) is 11.4 Å². The van der Waals surface area contributed by atoms with Gasteiger partial charge in [-0.3, -0.25) is 9.59 Å². The summed E-state index contributed by atoms with van der Waals surface area (Å²) in [6, 6.07) is 15.2. The van der Waals surface area contributed by atoms with Crippen LogP contribution in [-0.2, 0) is 17.8 Å². The molecule has 0 saturated heterocycles. The topological polar surface area (TPSA) is 67.2 Å². The molecule has 6 heteroatoms. The van der Waals surface area contributed by atoms with Crippen molar-refractivity contribution in [3.05, 3.63) is 78.4 Å². The Morgan fingerprint density at radius 3 is 2.86 bits per heavy atom. The molecule has 0 fully saturated rings. The first-order chi connectivity index (χ1) is 13.6. The standard InChI is InChI=1S/C22H22N4O2/c1-16-13-17-5-2-3-8-20(17)26(16)22(28)18-6-4-7-19(14-18)24-21(27)9-11-25-12-10-23-15-25/h2-8,10,12,14-16H,9,11,13H2,1H3,(H,24,27)/t16-/m1/s1. The maximum atomic E-state index is 13.1. The van der Waals surface area contributed by atoms with Crippen LogP contribution in [0.15, 0.2) is 67.3 Å². The van der Waals surface area contributed by atoms with Crippen LogP contribution in [0.25, 0.3) is 0 Å². The van der Waals surface area contributed by atoms with Crippen molar-refractivity contribution in [2.75, 3.05) is 10.2 Å². The molecule has 3 aromatic rings. The summed E-state index contributed by atoms with van der Waals surface area (Å²) in [5, 5.41) is 2.88. The van der Waals surface area contributed by atoms with Crippen molar-refractivity contribution in [1.29, 1.82) is 0 Å². The summed E-state index contributed by atoms with van der Waals surface area (Å²) >= 11 is 0. The Bertz CT molecular complexity index is 997. The van der Waals surface area contributed by atoms with Gasteiger partial charge >= 0.3 is 0 Å². The molecule has 1 atom stereocenters. The van der Waals surface area contributed by atoms with E-state index in [9.17, 15) is 9.59 Å². The highest BCUT2D eigenvalue weighted by Crippen LogP contribution is 2.33. The van der Waals surface area contributed by atoms with E-state index in [1.54, 1.807) is 36.8 Å². The molecule has 142 valence electrons. The molecule has 4 rings (SSSR count). The zero-order valence-electron chi connectivity index (χ0n) is 15.7. The predicted molar refractivity (Wildman–Crippen MR) is 108 cm³/mol. The Kier molecular flexibility index (Phi) is 4.93. The smallest absolute Gasteiger partial charge is 0.258 e. The van der Waals surface area contributed by atoms with Crippen molar-refractivity contribution < 1.29 is 9.59 Å². The molecule has 2 aromatic carbocycles. The van der Waals surface area contributed by atoms with Crippen molar-refractivity contribution >= 4 is 23.2 Å². The first-order valence-corrected chi connectivity index (χ1v) is 9.39. The van der Waals surface area contributed by atoms with E-state index in [-0.39, 0.29) is 17.9 Å². The van der Waals surface area contributed by atoms with Crippen LogP contribution < -0.4 is 10.2 Å². The number of anilines is 2. The summed E-state index contributed by atoms with van der Waals surface area (Å²) in [4.78, 5) is 31.2. The number of hydrogen-bond donors (Lipinski definition) is 1. The zero-order valence-corrected chi connectivity index (χ0v) is 15.7. The van der Waals surface area contributed by atoms with Gasteiger partial charge in [0.1, 0.15) is 0 Å². The molecule has 1 aromatic heterocycles. The lowest BCUT2D eigenvalue weighted by molar-refractivity contribution is -0.116. The van der Waals surface area contributed by atoms with Gasteiger partial charge in [-0.15, -0.1) is 0 Å². The Balaban J connectivity index is 1.46. The fraction of sp³-hybridized carbons (Fsp3) is 0.227. The second kappa shape index (κ2) is 7.68. The second-order valence-corrected chi connectivity index (χ2v) is 7.04. The summed E-state index contributed by atoms with van der Waals surface area (Å²) in [6.07, 6.45) is 6.38. The highest BCUT2D eigenvalue weighted by molar-refractivity contribution is 6.08. The van der Waals surface area contributed by atoms with Gasteiger partial charge in [0.25, 0.3) is 5.91 Å². The minimum absolute atomic E-state index is 0.0491. The Hall–Kier alpha value is -3.41. The molecule has 2 amide bonds. The quantitative estimate of drug-likeness (QED) is 0.743. The molecule has 2 heterocycles. The van der Waals surface area contributed by atoms with Crippen molar-refractivity contribution in [3.8, 4) is 0 Å². The van der Waals surface area contributed by atoms with E-state index in [1.807, 2.05) is 33.9 Å². The minimum Gasteiger partial charge on any atom is -0.337 e. The number of fused-ring (bicyclic) bond motifs is 1. The number of nitrogens with zero attached hydrogens (tertiary/aromatic N) is 3. The highest BCUT2D eigenvalue weighted by Gasteiger charge is 2.31. The first-order valence-electron chi connectivity index (χ1n) is 9.39. The third-order valence-electron chi connectivity index (χ3n) is 4.98. The van der Waals surface area contributed by atoms with Crippen LogP contribution in [0.3, 0.4) is 0 Å². The molecule has 6 nitrogen and oxygen atoms in total. The molecule has 0 aliphatic carbocycles. The fourth-order valence-corrected chi connectivity index (χ4v) is 3.62. The number of imidazole rings is 1. The van der Waals surface area contributed by atoms with E-state index in [1.165, 1.54) is 5.56 Å². The van der Waals surface area contributed by atoms with Crippen molar-refractivity contribution in [2.45, 2.75) is 32.4 Å². The maximum absolute atomic E-state index is 13.1. The van der Waals surface area contributed by atoms with Gasteiger partial charge in [-0.25, -0.2) is 4.98 Å². The summed E-state index contributed by atoms with van der Waals surface area (Å²) < 4.78 is 1.85. The molecular weight excluding hydrogens is 352 g/mol. The molecule has 0 radical (unpaired) electrons. The van der Waals surface area contributed by atoms with E-state index >= 15 is 0 Å². The number of aryl methyl sites for hydroxylation is 1. The lowest BCUT2D eigenvalue weighted by Gasteiger charge is -2.23. The Morgan fingerprint density at radius 1 is 1.18 bits per heavy atom. The number of carbonyl (C=O) groups is 2. The van der Waals surface area contributed by atoms with E-state index in [0.717, 1.165) is 12.1 Å². The van der Waals surface area contributed by atoms with E-state index < -0.39 is 0 Å². The largest absolute Gasteiger partial charge is 0.337 e. The number of para-hydroxylation sites is 1. The van der Waals surface area contributed by atoms with Gasteiger partial charge < -0.3 is 14.8 Å². The number of aromatic nitrogens is 2. The molecule has 0 bridgehead atoms. The van der Waals surface area contributed by atoms with Crippen LogP contribution in [0, 0.1) is 0 Å². The Morgan fingerprint density at radius 2 is 2.04 bits per heavy atom. The van der Waals surface area contributed by atoms with Gasteiger partial charge in [0.15, 0.2) is 0 Å². The number of nitrogens with one attached hydrogen (secondary N) is 1. The average Bonchev–Trinajstić information content (AvgIpc) is 3.33. The van der Waals surface area contributed by atoms with Crippen LogP contribution in [-0.4, -0.2) is 27.4 Å². The molecule has 0 saturated carbocycles. The fourth-order valence-electron chi connectivity index (χ4n) is 3.62. The molecule has 0 spiro atoms. The SMILES string of the molecule is C[C@@H]1Cc2ccccc2N1C(=O)c1cccc(NC(=O)CCn2ccnc2)c1. The molecule has 1 aliphatic heterocycles. The van der Waals surface area contributed by atoms with Gasteiger partial charge in [0.2, 0.25) is 5.91 Å². The van der Waals surface area contributed by atoms with Gasteiger partial charge in [-0.1, -0.05) is 24.3 Å². The van der Waals surface area contributed by atoms with Crippen LogP contribution in [0.1, 0.15) is 29.3 Å². The van der Waals surface area contributed by atoms with Crippen LogP contribution >= 0.6 is 0 Å². The number of rotatable bonds is 5. The molecule has 0 unspecified atom stereocenters. The predicted octanol–water partition coefficient (Wildman–Crippen LogP) is 3.50. The van der Waals surface area contributed by atoms with Crippen molar-refractivity contribution in [2.24, 2.45) is 0 Å². The maximum Gasteiger partial charge on any atom is 0.258 e. The van der Waals surface area contributed by atoms with E-state index in [4.69, 9.17) is 0 Å². The van der Waals surface area contributed by atoms with E-state index in [0.29, 0.717) is 24.2 Å². The number of amides is 2. The van der Waals surface area contributed by atoms with Gasteiger partial charge in [0, 0.05) is 48.3 Å². The third-order valence-corrected chi connectivity index (χ3v) is 4.98. The van der Waals surface area contributed by atoms with Crippen molar-refractivity contribution in [3.63, 3.8) is 0 Å². The zero-order chi connectivity index (χ0) is 19.5. The lowest BCUT2D eigenvalue weighted by atomic mass is 10.1. The number of benzene rings is 2. The molecule has 28 heavy (non-hydrogen) atoms. The highest BCUT2D eigenvalue weighted by atomic mass is 16.2. The Labute approximate surface area is 163 Å². The van der Waals surface area contributed by atoms with Crippen LogP contribution in [0.2, 0.25) is 0 Å². The molecule has 1 aliphatic rings. The monoisotopic (exact) mass is 374 g/mol. The first kappa shape index (κ1) is 18.0. The average molecular weight is 374 g/mol. The van der Waals surface area contributed by atoms with Crippen molar-refractivity contribution in [1.82, 2.24) is 9.55 Å². The van der Waals surface area contributed by atoms with Crippen LogP contribution in [0.5, 0.6) is 0 Å². The van der Waals surface area contributed by atoms with Gasteiger partial charge in [0.05, 0.1) is 6.33 Å². The lowest BCUT2D eigenvalue weighted by Crippen LogP contribution is -2.35. The number of hydrogen-bond acceptors (Lipinski definition) is 3. The molecular formula is C22H22N4O2. The third kappa shape index (κ3) is 3.67. The van der Waals surface area contributed by atoms with E-state index in [2.05, 4.69) is 23.3 Å². The minimum atomic E-state index is -0.0989. The normalized spacial score (nSPS) is 15.3. The second-order valence-electron chi connectivity index (χ2n) is 7.04.